The highest BCUT2D eigenvalue weighted by Crippen LogP contribution is 2.46. The first kappa shape index (κ1) is 19.0. The second-order valence-electron chi connectivity index (χ2n) is 6.71. The van der Waals surface area contributed by atoms with E-state index in [0.29, 0.717) is 19.0 Å². The number of hydrogen-bond donors (Lipinski definition) is 3. The number of nitrogens with zero attached hydrogens (tertiary/aromatic N) is 3. The predicted molar refractivity (Wildman–Crippen MR) is 95.1 cm³/mol. The molecule has 7 nitrogen and oxygen atoms in total. The van der Waals surface area contributed by atoms with E-state index in [4.69, 9.17) is 5.21 Å². The number of carbonyl (C=O) groups excluding carboxylic acids is 1. The van der Waals surface area contributed by atoms with E-state index in [1.165, 1.54) is 23.9 Å². The van der Waals surface area contributed by atoms with Gasteiger partial charge in [-0.15, -0.1) is 0 Å². The van der Waals surface area contributed by atoms with E-state index in [0.717, 1.165) is 12.0 Å². The zero-order valence-electron chi connectivity index (χ0n) is 14.4. The second-order valence-corrected chi connectivity index (χ2v) is 7.85. The van der Waals surface area contributed by atoms with Crippen LogP contribution in [0.1, 0.15) is 22.3 Å². The Kier molecular flexibility index (Phi) is 4.68. The molecule has 28 heavy (non-hydrogen) atoms. The molecule has 0 unspecified atom stereocenters. The summed E-state index contributed by atoms with van der Waals surface area (Å²) in [6.07, 6.45) is 3.32. The number of aromatic nitrogens is 2. The number of thioether (sulfide) groups is 1. The van der Waals surface area contributed by atoms with Gasteiger partial charge < -0.3 is 10.2 Å². The minimum Gasteiger partial charge on any atom is -0.328 e. The first-order valence-electron chi connectivity index (χ1n) is 8.44. The van der Waals surface area contributed by atoms with Crippen LogP contribution < -0.4 is 15.7 Å². The Morgan fingerprint density at radius 2 is 2.11 bits per heavy atom. The molecule has 1 amide bonds. The molecule has 2 atom stereocenters. The summed E-state index contributed by atoms with van der Waals surface area (Å²) < 4.78 is 38.3. The van der Waals surface area contributed by atoms with Gasteiger partial charge in [-0.05, 0) is 35.9 Å². The quantitative estimate of drug-likeness (QED) is 0.404. The summed E-state index contributed by atoms with van der Waals surface area (Å²) in [5.74, 6) is -0.338. The Labute approximate surface area is 162 Å². The molecule has 2 aromatic rings. The summed E-state index contributed by atoms with van der Waals surface area (Å²) >= 11 is -0.137. The third kappa shape index (κ3) is 3.40. The lowest BCUT2D eigenvalue weighted by Crippen LogP contribution is -2.51. The zero-order valence-corrected chi connectivity index (χ0v) is 15.2. The fraction of sp³-hybridized carbons (Fsp3) is 0.353. The van der Waals surface area contributed by atoms with Gasteiger partial charge in [-0.2, -0.15) is 13.2 Å². The van der Waals surface area contributed by atoms with Crippen LogP contribution in [0, 0.1) is 0 Å². The number of nitrogens with one attached hydrogen (secondary N) is 2. The second kappa shape index (κ2) is 6.90. The fourth-order valence-corrected chi connectivity index (χ4v) is 4.47. The van der Waals surface area contributed by atoms with E-state index < -0.39 is 17.0 Å². The summed E-state index contributed by atoms with van der Waals surface area (Å²) in [7, 11) is 0. The molecule has 3 N–H and O–H groups in total. The van der Waals surface area contributed by atoms with Gasteiger partial charge in [0.2, 0.25) is 5.95 Å². The van der Waals surface area contributed by atoms with Crippen LogP contribution in [-0.4, -0.2) is 45.7 Å². The van der Waals surface area contributed by atoms with Gasteiger partial charge in [-0.3, -0.25) is 10.0 Å². The van der Waals surface area contributed by atoms with Crippen molar-refractivity contribution in [1.82, 2.24) is 20.8 Å². The number of rotatable bonds is 4. The molecule has 2 aliphatic rings. The normalized spacial score (nSPS) is 23.9. The van der Waals surface area contributed by atoms with Gasteiger partial charge in [0.15, 0.2) is 0 Å². The number of alkyl halides is 3. The number of hydroxylamine groups is 1. The van der Waals surface area contributed by atoms with Gasteiger partial charge >= 0.3 is 5.51 Å². The van der Waals surface area contributed by atoms with Crippen LogP contribution >= 0.6 is 11.8 Å². The van der Waals surface area contributed by atoms with Crippen LogP contribution in [0.15, 0.2) is 41.6 Å². The molecular formula is C17H16F3N5O2S. The molecule has 0 saturated carbocycles. The lowest BCUT2D eigenvalue weighted by Gasteiger charge is -2.39. The highest BCUT2D eigenvalue weighted by Gasteiger charge is 2.53. The zero-order chi connectivity index (χ0) is 19.9. The van der Waals surface area contributed by atoms with E-state index in [1.54, 1.807) is 12.1 Å². The number of benzene rings is 1. The van der Waals surface area contributed by atoms with Crippen LogP contribution in [0.2, 0.25) is 0 Å². The molecule has 0 radical (unpaired) electrons. The van der Waals surface area contributed by atoms with E-state index in [1.807, 2.05) is 11.0 Å². The third-order valence-corrected chi connectivity index (χ3v) is 5.76. The summed E-state index contributed by atoms with van der Waals surface area (Å²) in [6, 6.07) is 6.61. The first-order chi connectivity index (χ1) is 13.3. The Morgan fingerprint density at radius 1 is 1.36 bits per heavy atom. The molecule has 0 spiro atoms. The number of anilines is 1. The Balaban J connectivity index is 1.67. The number of piperazine rings is 1. The molecule has 0 aliphatic carbocycles. The van der Waals surface area contributed by atoms with Crippen LogP contribution in [0.25, 0.3) is 0 Å². The Bertz CT molecular complexity index is 895. The number of carbonyl (C=O) groups is 1. The van der Waals surface area contributed by atoms with Crippen LogP contribution in [0.3, 0.4) is 0 Å². The molecule has 2 bridgehead atoms. The van der Waals surface area contributed by atoms with Gasteiger partial charge in [0.05, 0.1) is 11.1 Å². The first-order valence-corrected chi connectivity index (χ1v) is 9.26. The molecule has 3 heterocycles. The monoisotopic (exact) mass is 411 g/mol. The minimum atomic E-state index is -4.35. The van der Waals surface area contributed by atoms with Crippen molar-refractivity contribution in [2.75, 3.05) is 18.0 Å². The van der Waals surface area contributed by atoms with Crippen molar-refractivity contribution in [2.24, 2.45) is 0 Å². The minimum absolute atomic E-state index is 0.103. The van der Waals surface area contributed by atoms with Crippen molar-refractivity contribution in [1.29, 1.82) is 0 Å². The summed E-state index contributed by atoms with van der Waals surface area (Å²) in [5, 5.41) is 12.1. The highest BCUT2D eigenvalue weighted by molar-refractivity contribution is 8.00. The van der Waals surface area contributed by atoms with Gasteiger partial charge in [0.25, 0.3) is 5.91 Å². The van der Waals surface area contributed by atoms with Gasteiger partial charge in [0, 0.05) is 36.4 Å². The average molecular weight is 411 g/mol. The summed E-state index contributed by atoms with van der Waals surface area (Å²) in [5.41, 5.74) is -2.53. The molecule has 1 aromatic heterocycles. The van der Waals surface area contributed by atoms with Crippen molar-refractivity contribution in [3.63, 3.8) is 0 Å². The molecule has 148 valence electrons. The smallest absolute Gasteiger partial charge is 0.328 e. The van der Waals surface area contributed by atoms with Crippen molar-refractivity contribution in [3.05, 3.63) is 47.8 Å². The summed E-state index contributed by atoms with van der Waals surface area (Å²) in [6.45, 7) is 1.15. The highest BCUT2D eigenvalue weighted by atomic mass is 32.2. The average Bonchev–Trinajstić information content (AvgIpc) is 3.26. The number of halogens is 3. The summed E-state index contributed by atoms with van der Waals surface area (Å²) in [4.78, 5) is 22.0. The number of fused-ring (bicyclic) bond motifs is 2. The van der Waals surface area contributed by atoms with Gasteiger partial charge in [-0.25, -0.2) is 15.4 Å². The maximum Gasteiger partial charge on any atom is 0.446 e. The number of hydrogen-bond acceptors (Lipinski definition) is 7. The van der Waals surface area contributed by atoms with Gasteiger partial charge in [0.1, 0.15) is 0 Å². The largest absolute Gasteiger partial charge is 0.446 e. The van der Waals surface area contributed by atoms with Gasteiger partial charge in [-0.1, -0.05) is 12.1 Å². The number of amides is 1. The molecular weight excluding hydrogens is 395 g/mol. The van der Waals surface area contributed by atoms with Crippen molar-refractivity contribution < 1.29 is 23.2 Å². The van der Waals surface area contributed by atoms with Crippen LogP contribution in [-0.2, 0) is 5.54 Å². The lowest BCUT2D eigenvalue weighted by atomic mass is 9.89. The Hall–Kier alpha value is -2.37. The predicted octanol–water partition coefficient (Wildman–Crippen LogP) is 2.28. The molecule has 11 heteroatoms. The molecule has 2 aliphatic heterocycles. The van der Waals surface area contributed by atoms with Crippen LogP contribution in [0.5, 0.6) is 0 Å². The van der Waals surface area contributed by atoms with E-state index in [-0.39, 0.29) is 28.3 Å². The standard InChI is InChI=1S/C17H16F3N5O2S/c18-17(19,20)28-13-3-1-2-11(4-13)16-5-12(23-9-16)8-25(16)15-21-6-10(7-22-15)14(26)24-27/h1-4,6-7,12,23,27H,5,8-9H2,(H,24,26)/t12-,16+/m0/s1. The van der Waals surface area contributed by atoms with E-state index >= 15 is 0 Å². The maximum atomic E-state index is 12.8. The van der Waals surface area contributed by atoms with Crippen molar-refractivity contribution in [2.45, 2.75) is 28.4 Å². The van der Waals surface area contributed by atoms with E-state index in [9.17, 15) is 18.0 Å². The van der Waals surface area contributed by atoms with Crippen molar-refractivity contribution >= 4 is 23.6 Å². The van der Waals surface area contributed by atoms with E-state index in [2.05, 4.69) is 15.3 Å². The molecule has 1 aromatic carbocycles. The Morgan fingerprint density at radius 3 is 2.75 bits per heavy atom. The third-order valence-electron chi connectivity index (χ3n) is 5.04. The maximum absolute atomic E-state index is 12.8. The SMILES string of the molecule is O=C(NO)c1cnc(N2C[C@@H]3C[C@]2(c2cccc(SC(F)(F)F)c2)CN3)nc1. The lowest BCUT2D eigenvalue weighted by molar-refractivity contribution is -0.0328. The molecule has 4 rings (SSSR count). The van der Waals surface area contributed by atoms with Crippen molar-refractivity contribution in [3.8, 4) is 0 Å². The fourth-order valence-electron chi connectivity index (χ4n) is 3.87. The molecule has 2 saturated heterocycles. The molecule has 2 fully saturated rings. The van der Waals surface area contributed by atoms with Crippen LogP contribution in [0.4, 0.5) is 19.1 Å². The topological polar surface area (TPSA) is 90.4 Å².